The van der Waals surface area contributed by atoms with Crippen LogP contribution in [0.5, 0.6) is 5.75 Å². The van der Waals surface area contributed by atoms with Gasteiger partial charge in [0.15, 0.2) is 0 Å². The van der Waals surface area contributed by atoms with E-state index in [9.17, 15) is 18.7 Å². The number of phenols is 1. The molecule has 2 aliphatic rings. The van der Waals surface area contributed by atoms with Crippen LogP contribution in [-0.2, 0) is 11.3 Å². The molecule has 0 spiro atoms. The first-order valence-corrected chi connectivity index (χ1v) is 9.71. The third-order valence-electron chi connectivity index (χ3n) is 5.89. The van der Waals surface area contributed by atoms with Crippen LogP contribution in [0.3, 0.4) is 0 Å². The van der Waals surface area contributed by atoms with Gasteiger partial charge in [-0.15, -0.1) is 0 Å². The highest BCUT2D eigenvalue weighted by Gasteiger charge is 2.40. The number of nitrogens with zero attached hydrogens (tertiary/aromatic N) is 2. The van der Waals surface area contributed by atoms with Gasteiger partial charge in [-0.05, 0) is 54.8 Å². The number of hydrogen-bond donors (Lipinski definition) is 1. The predicted molar refractivity (Wildman–Crippen MR) is 102 cm³/mol. The zero-order valence-corrected chi connectivity index (χ0v) is 15.6. The molecule has 2 aromatic carbocycles. The number of aromatic hydroxyl groups is 1. The Morgan fingerprint density at radius 3 is 2.39 bits per heavy atom. The van der Waals surface area contributed by atoms with Crippen molar-refractivity contribution in [3.8, 4) is 5.75 Å². The predicted octanol–water partition coefficient (Wildman–Crippen LogP) is 3.46. The molecule has 0 aliphatic carbocycles. The number of piperidine rings is 1. The summed E-state index contributed by atoms with van der Waals surface area (Å²) in [5.41, 5.74) is 1.78. The van der Waals surface area contributed by atoms with Crippen molar-refractivity contribution in [2.45, 2.75) is 37.5 Å². The SMILES string of the molecule is O=C1[C@H](N2CC[C@H](c3ccc(O)cc3)C(F)C2)CCN1Cc1ccc(F)cc1. The summed E-state index contributed by atoms with van der Waals surface area (Å²) in [6.07, 6.45) is 0.293. The molecule has 2 saturated heterocycles. The molecule has 1 unspecified atom stereocenters. The highest BCUT2D eigenvalue weighted by atomic mass is 19.1. The Morgan fingerprint density at radius 2 is 1.71 bits per heavy atom. The van der Waals surface area contributed by atoms with Crippen molar-refractivity contribution < 1.29 is 18.7 Å². The smallest absolute Gasteiger partial charge is 0.240 e. The fourth-order valence-electron chi connectivity index (χ4n) is 4.34. The van der Waals surface area contributed by atoms with Crippen LogP contribution in [0.15, 0.2) is 48.5 Å². The zero-order chi connectivity index (χ0) is 19.7. The number of rotatable bonds is 4. The third kappa shape index (κ3) is 3.87. The molecule has 28 heavy (non-hydrogen) atoms. The summed E-state index contributed by atoms with van der Waals surface area (Å²) in [7, 11) is 0. The van der Waals surface area contributed by atoms with Gasteiger partial charge >= 0.3 is 0 Å². The van der Waals surface area contributed by atoms with Gasteiger partial charge < -0.3 is 10.0 Å². The lowest BCUT2D eigenvalue weighted by molar-refractivity contribution is -0.133. The van der Waals surface area contributed by atoms with Crippen LogP contribution in [0, 0.1) is 5.82 Å². The van der Waals surface area contributed by atoms with Crippen molar-refractivity contribution in [3.05, 3.63) is 65.5 Å². The molecule has 1 amide bonds. The van der Waals surface area contributed by atoms with Crippen LogP contribution in [-0.4, -0.2) is 52.7 Å². The third-order valence-corrected chi connectivity index (χ3v) is 5.89. The first-order valence-electron chi connectivity index (χ1n) is 9.71. The normalized spacial score (nSPS) is 26.0. The molecular weight excluding hydrogens is 362 g/mol. The number of benzene rings is 2. The average Bonchev–Trinajstić information content (AvgIpc) is 3.05. The largest absolute Gasteiger partial charge is 0.508 e. The minimum absolute atomic E-state index is 0.0274. The molecule has 2 aromatic rings. The first-order chi connectivity index (χ1) is 13.5. The van der Waals surface area contributed by atoms with Crippen LogP contribution in [0.4, 0.5) is 8.78 Å². The van der Waals surface area contributed by atoms with E-state index >= 15 is 0 Å². The Hall–Kier alpha value is -2.47. The maximum Gasteiger partial charge on any atom is 0.240 e. The molecule has 4 rings (SSSR count). The van der Waals surface area contributed by atoms with Crippen LogP contribution in [0.2, 0.25) is 0 Å². The summed E-state index contributed by atoms with van der Waals surface area (Å²) in [5, 5.41) is 9.42. The summed E-state index contributed by atoms with van der Waals surface area (Å²) in [6, 6.07) is 12.6. The van der Waals surface area contributed by atoms with Gasteiger partial charge in [-0.2, -0.15) is 0 Å². The summed E-state index contributed by atoms with van der Waals surface area (Å²) >= 11 is 0. The lowest BCUT2D eigenvalue weighted by Crippen LogP contribution is -2.49. The van der Waals surface area contributed by atoms with E-state index in [-0.39, 0.29) is 36.0 Å². The maximum absolute atomic E-state index is 14.9. The average molecular weight is 386 g/mol. The summed E-state index contributed by atoms with van der Waals surface area (Å²) in [4.78, 5) is 16.6. The fourth-order valence-corrected chi connectivity index (χ4v) is 4.34. The van der Waals surface area contributed by atoms with E-state index in [0.29, 0.717) is 32.5 Å². The molecule has 3 atom stereocenters. The van der Waals surface area contributed by atoms with E-state index in [1.165, 1.54) is 12.1 Å². The quantitative estimate of drug-likeness (QED) is 0.875. The number of alkyl halides is 1. The van der Waals surface area contributed by atoms with E-state index in [4.69, 9.17) is 0 Å². The standard InChI is InChI=1S/C22H24F2N2O2/c23-17-5-1-15(2-6-17)13-26-12-10-21(22(26)28)25-11-9-19(20(24)14-25)16-3-7-18(27)8-4-16/h1-8,19-21,27H,9-14H2/t19-,20?,21-/m1/s1. The molecule has 0 saturated carbocycles. The molecule has 148 valence electrons. The monoisotopic (exact) mass is 386 g/mol. The summed E-state index contributed by atoms with van der Waals surface area (Å²) in [6.45, 7) is 2.01. The van der Waals surface area contributed by atoms with Gasteiger partial charge in [0.25, 0.3) is 0 Å². The van der Waals surface area contributed by atoms with Gasteiger partial charge in [0.2, 0.25) is 5.91 Å². The Labute approximate surface area is 163 Å². The van der Waals surface area contributed by atoms with Crippen molar-refractivity contribution >= 4 is 5.91 Å². The molecule has 6 heteroatoms. The number of halogens is 2. The van der Waals surface area contributed by atoms with E-state index < -0.39 is 6.17 Å². The van der Waals surface area contributed by atoms with Crippen LogP contribution >= 0.6 is 0 Å². The molecule has 0 radical (unpaired) electrons. The van der Waals surface area contributed by atoms with Gasteiger partial charge in [0.05, 0.1) is 6.04 Å². The van der Waals surface area contributed by atoms with Gasteiger partial charge in [0, 0.05) is 25.6 Å². The van der Waals surface area contributed by atoms with Crippen molar-refractivity contribution in [3.63, 3.8) is 0 Å². The van der Waals surface area contributed by atoms with E-state index in [1.807, 2.05) is 4.90 Å². The number of carbonyl (C=O) groups excluding carboxylic acids is 1. The second kappa shape index (κ2) is 7.87. The lowest BCUT2D eigenvalue weighted by atomic mass is 9.87. The highest BCUT2D eigenvalue weighted by Crippen LogP contribution is 2.33. The number of carbonyl (C=O) groups is 1. The van der Waals surface area contributed by atoms with E-state index in [0.717, 1.165) is 11.1 Å². The number of hydrogen-bond acceptors (Lipinski definition) is 3. The minimum atomic E-state index is -1.04. The van der Waals surface area contributed by atoms with Crippen molar-refractivity contribution in [2.24, 2.45) is 0 Å². The van der Waals surface area contributed by atoms with Crippen LogP contribution in [0.25, 0.3) is 0 Å². The Bertz CT molecular complexity index is 825. The summed E-state index contributed by atoms with van der Waals surface area (Å²) in [5.74, 6) is -0.294. The first kappa shape index (κ1) is 18.9. The van der Waals surface area contributed by atoms with Gasteiger partial charge in [0.1, 0.15) is 17.7 Å². The van der Waals surface area contributed by atoms with Gasteiger partial charge in [-0.1, -0.05) is 24.3 Å². The maximum atomic E-state index is 14.9. The lowest BCUT2D eigenvalue weighted by Gasteiger charge is -2.37. The second-order valence-corrected chi connectivity index (χ2v) is 7.69. The Balaban J connectivity index is 1.37. The molecule has 2 heterocycles. The molecular formula is C22H24F2N2O2. The topological polar surface area (TPSA) is 43.8 Å². The Kier molecular flexibility index (Phi) is 5.31. The van der Waals surface area contributed by atoms with E-state index in [1.54, 1.807) is 41.3 Å². The van der Waals surface area contributed by atoms with Gasteiger partial charge in [-0.25, -0.2) is 8.78 Å². The minimum Gasteiger partial charge on any atom is -0.508 e. The molecule has 0 bridgehead atoms. The fraction of sp³-hybridized carbons (Fsp3) is 0.409. The van der Waals surface area contributed by atoms with Crippen LogP contribution in [0.1, 0.15) is 29.9 Å². The molecule has 2 fully saturated rings. The zero-order valence-electron chi connectivity index (χ0n) is 15.6. The highest BCUT2D eigenvalue weighted by molar-refractivity contribution is 5.84. The van der Waals surface area contributed by atoms with E-state index in [2.05, 4.69) is 0 Å². The van der Waals surface area contributed by atoms with Crippen LogP contribution < -0.4 is 0 Å². The number of phenolic OH excluding ortho intramolecular Hbond substituents is 1. The Morgan fingerprint density at radius 1 is 1.00 bits per heavy atom. The van der Waals surface area contributed by atoms with Crippen molar-refractivity contribution in [1.82, 2.24) is 9.80 Å². The number of likely N-dealkylation sites (tertiary alicyclic amines) is 2. The molecule has 2 aliphatic heterocycles. The molecule has 1 N–H and O–H groups in total. The van der Waals surface area contributed by atoms with Crippen molar-refractivity contribution in [1.29, 1.82) is 0 Å². The number of amides is 1. The summed E-state index contributed by atoms with van der Waals surface area (Å²) < 4.78 is 27.9. The van der Waals surface area contributed by atoms with Crippen molar-refractivity contribution in [2.75, 3.05) is 19.6 Å². The second-order valence-electron chi connectivity index (χ2n) is 7.69. The molecule has 4 nitrogen and oxygen atoms in total. The molecule has 0 aromatic heterocycles. The van der Waals surface area contributed by atoms with Gasteiger partial charge in [-0.3, -0.25) is 9.69 Å².